The van der Waals surface area contributed by atoms with Crippen LogP contribution in [0.25, 0.3) is 0 Å². The molecule has 0 fully saturated rings. The summed E-state index contributed by atoms with van der Waals surface area (Å²) >= 11 is 0. The van der Waals surface area contributed by atoms with E-state index in [2.05, 4.69) is 0 Å². The van der Waals surface area contributed by atoms with Crippen LogP contribution in [0.3, 0.4) is 0 Å². The van der Waals surface area contributed by atoms with Crippen LogP contribution in [0.15, 0.2) is 24.3 Å². The minimum atomic E-state index is -3.07. The van der Waals surface area contributed by atoms with Crippen LogP contribution < -0.4 is 4.74 Å². The third-order valence-corrected chi connectivity index (χ3v) is 2.98. The largest absolute Gasteiger partial charge is 0.491 e. The molecule has 0 radical (unpaired) electrons. The molecule has 118 valence electrons. The van der Waals surface area contributed by atoms with Crippen LogP contribution in [0.5, 0.6) is 5.75 Å². The number of halogens is 2. The minimum Gasteiger partial charge on any atom is -0.491 e. The fourth-order valence-electron chi connectivity index (χ4n) is 2.22. The topological polar surface area (TPSA) is 46.5 Å². The Kier molecular flexibility index (Phi) is 5.31. The molecule has 0 bridgehead atoms. The van der Waals surface area contributed by atoms with Crippen molar-refractivity contribution in [2.75, 3.05) is 0 Å². The summed E-state index contributed by atoms with van der Waals surface area (Å²) < 4.78 is 33.9. The summed E-state index contributed by atoms with van der Waals surface area (Å²) in [5.41, 5.74) is -1.11. The maximum atomic E-state index is 14.3. The smallest absolute Gasteiger partial charge is 0.303 e. The quantitative estimate of drug-likeness (QED) is 0.809. The first-order valence-corrected chi connectivity index (χ1v) is 6.89. The van der Waals surface area contributed by atoms with Crippen molar-refractivity contribution in [2.45, 2.75) is 52.6 Å². The van der Waals surface area contributed by atoms with Crippen molar-refractivity contribution < 1.29 is 23.4 Å². The van der Waals surface area contributed by atoms with Crippen LogP contribution >= 0.6 is 0 Å². The van der Waals surface area contributed by atoms with Gasteiger partial charge >= 0.3 is 5.97 Å². The lowest BCUT2D eigenvalue weighted by molar-refractivity contribution is -0.140. The molecule has 0 amide bonds. The second-order valence-corrected chi connectivity index (χ2v) is 6.31. The Balaban J connectivity index is 2.84. The first-order valence-electron chi connectivity index (χ1n) is 6.89. The zero-order valence-corrected chi connectivity index (χ0v) is 12.8. The molecule has 0 saturated heterocycles. The predicted molar refractivity (Wildman–Crippen MR) is 76.8 cm³/mol. The number of carboxylic acid groups (broad SMARTS) is 1. The van der Waals surface area contributed by atoms with E-state index in [0.29, 0.717) is 5.75 Å². The Morgan fingerprint density at radius 3 is 2.19 bits per heavy atom. The lowest BCUT2D eigenvalue weighted by Gasteiger charge is -2.28. The summed E-state index contributed by atoms with van der Waals surface area (Å²) in [7, 11) is 0. The van der Waals surface area contributed by atoms with E-state index in [1.54, 1.807) is 0 Å². The highest BCUT2D eigenvalue weighted by molar-refractivity contribution is 5.67. The fraction of sp³-hybridized carbons (Fsp3) is 0.562. The number of hydrogen-bond acceptors (Lipinski definition) is 2. The molecule has 0 spiro atoms. The maximum absolute atomic E-state index is 14.3. The molecule has 1 rings (SSSR count). The van der Waals surface area contributed by atoms with E-state index in [-0.39, 0.29) is 18.1 Å². The Morgan fingerprint density at radius 1 is 1.24 bits per heavy atom. The van der Waals surface area contributed by atoms with E-state index in [4.69, 9.17) is 9.84 Å². The molecule has 0 saturated carbocycles. The zero-order chi connectivity index (χ0) is 16.3. The molecule has 1 N–H and O–H groups in total. The zero-order valence-electron chi connectivity index (χ0n) is 12.8. The van der Waals surface area contributed by atoms with Gasteiger partial charge in [0.05, 0.1) is 12.5 Å². The normalized spacial score (nSPS) is 12.5. The highest BCUT2D eigenvalue weighted by Gasteiger charge is 2.39. The van der Waals surface area contributed by atoms with E-state index >= 15 is 0 Å². The van der Waals surface area contributed by atoms with Crippen LogP contribution in [0, 0.1) is 5.41 Å². The molecule has 21 heavy (non-hydrogen) atoms. The number of aliphatic carboxylic acids is 1. The van der Waals surface area contributed by atoms with Gasteiger partial charge in [0.2, 0.25) is 0 Å². The van der Waals surface area contributed by atoms with Gasteiger partial charge in [-0.2, -0.15) is 0 Å². The molecule has 0 heterocycles. The van der Waals surface area contributed by atoms with Crippen molar-refractivity contribution in [3.63, 3.8) is 0 Å². The third kappa shape index (κ3) is 5.69. The maximum Gasteiger partial charge on any atom is 0.303 e. The summed E-state index contributed by atoms with van der Waals surface area (Å²) in [6.45, 7) is 6.78. The van der Waals surface area contributed by atoms with Gasteiger partial charge in [-0.15, -0.1) is 0 Å². The number of hydrogen-bond donors (Lipinski definition) is 1. The van der Waals surface area contributed by atoms with Gasteiger partial charge in [-0.3, -0.25) is 4.79 Å². The molecular weight excluding hydrogens is 278 g/mol. The molecule has 1 aromatic rings. The second-order valence-electron chi connectivity index (χ2n) is 6.31. The highest BCUT2D eigenvalue weighted by Crippen LogP contribution is 2.41. The van der Waals surface area contributed by atoms with E-state index in [1.807, 2.05) is 13.8 Å². The predicted octanol–water partition coefficient (Wildman–Crippen LogP) is 4.46. The third-order valence-electron chi connectivity index (χ3n) is 2.98. The first-order chi connectivity index (χ1) is 9.52. The van der Waals surface area contributed by atoms with Crippen LogP contribution in [0.1, 0.15) is 46.1 Å². The average molecular weight is 300 g/mol. The van der Waals surface area contributed by atoms with Crippen molar-refractivity contribution in [3.8, 4) is 5.75 Å². The van der Waals surface area contributed by atoms with E-state index < -0.39 is 23.7 Å². The Labute approximate surface area is 123 Å². The van der Waals surface area contributed by atoms with Gasteiger partial charge in [0, 0.05) is 12.0 Å². The number of alkyl halides is 2. The molecule has 0 aliphatic heterocycles. The first kappa shape index (κ1) is 17.4. The number of carbonyl (C=O) groups is 1. The van der Waals surface area contributed by atoms with Crippen molar-refractivity contribution >= 4 is 5.97 Å². The summed E-state index contributed by atoms with van der Waals surface area (Å²) in [6, 6.07) is 5.67. The number of rotatable bonds is 7. The molecule has 0 atom stereocenters. The summed E-state index contributed by atoms with van der Waals surface area (Å²) in [5, 5.41) is 8.78. The minimum absolute atomic E-state index is 0.0224. The summed E-state index contributed by atoms with van der Waals surface area (Å²) in [5.74, 6) is -3.61. The number of ether oxygens (including phenoxy) is 1. The Bertz CT molecular complexity index is 479. The van der Waals surface area contributed by atoms with Crippen molar-refractivity contribution in [1.29, 1.82) is 0 Å². The molecule has 3 nitrogen and oxygen atoms in total. The van der Waals surface area contributed by atoms with E-state index in [9.17, 15) is 13.6 Å². The molecular formula is C16H22F2O3. The van der Waals surface area contributed by atoms with Crippen LogP contribution in [0.2, 0.25) is 0 Å². The van der Waals surface area contributed by atoms with Gasteiger partial charge in [-0.05, 0) is 43.5 Å². The lowest BCUT2D eigenvalue weighted by Crippen LogP contribution is -2.26. The van der Waals surface area contributed by atoms with Crippen LogP contribution in [-0.4, -0.2) is 17.2 Å². The van der Waals surface area contributed by atoms with Gasteiger partial charge in [-0.25, -0.2) is 8.78 Å². The van der Waals surface area contributed by atoms with Gasteiger partial charge < -0.3 is 9.84 Å². The summed E-state index contributed by atoms with van der Waals surface area (Å²) in [6.07, 6.45) is -0.834. The van der Waals surface area contributed by atoms with Gasteiger partial charge in [0.25, 0.3) is 5.92 Å². The average Bonchev–Trinajstić information content (AvgIpc) is 2.24. The van der Waals surface area contributed by atoms with Gasteiger partial charge in [0.1, 0.15) is 5.75 Å². The van der Waals surface area contributed by atoms with Crippen molar-refractivity contribution in [2.24, 2.45) is 5.41 Å². The standard InChI is InChI=1S/C16H22F2O3/c1-11(2)21-13-7-5-12(6-8-13)16(17,18)10-15(3,4)9-14(19)20/h5-8,11H,9-10H2,1-4H3,(H,19,20). The Morgan fingerprint density at radius 2 is 1.76 bits per heavy atom. The second kappa shape index (κ2) is 6.41. The van der Waals surface area contributed by atoms with Crippen LogP contribution in [-0.2, 0) is 10.7 Å². The number of carboxylic acids is 1. The van der Waals surface area contributed by atoms with E-state index in [1.165, 1.54) is 38.1 Å². The summed E-state index contributed by atoms with van der Waals surface area (Å²) in [4.78, 5) is 10.7. The van der Waals surface area contributed by atoms with Crippen LogP contribution in [0.4, 0.5) is 8.78 Å². The number of benzene rings is 1. The SMILES string of the molecule is CC(C)Oc1ccc(C(F)(F)CC(C)(C)CC(=O)O)cc1. The molecule has 0 aliphatic rings. The highest BCUT2D eigenvalue weighted by atomic mass is 19.3. The monoisotopic (exact) mass is 300 g/mol. The lowest BCUT2D eigenvalue weighted by atomic mass is 9.81. The van der Waals surface area contributed by atoms with Gasteiger partial charge in [0.15, 0.2) is 0 Å². The molecule has 0 aromatic heterocycles. The fourth-order valence-corrected chi connectivity index (χ4v) is 2.22. The molecule has 0 aliphatic carbocycles. The Hall–Kier alpha value is -1.65. The molecule has 5 heteroatoms. The van der Waals surface area contributed by atoms with Crippen molar-refractivity contribution in [3.05, 3.63) is 29.8 Å². The van der Waals surface area contributed by atoms with Crippen molar-refractivity contribution in [1.82, 2.24) is 0 Å². The van der Waals surface area contributed by atoms with Gasteiger partial charge in [-0.1, -0.05) is 13.8 Å². The molecule has 1 aromatic carbocycles. The van der Waals surface area contributed by atoms with E-state index in [0.717, 1.165) is 0 Å². The molecule has 0 unspecified atom stereocenters.